The van der Waals surface area contributed by atoms with Crippen molar-refractivity contribution < 1.29 is 18.5 Å². The average Bonchev–Trinajstić information content (AvgIpc) is 2.60. The van der Waals surface area contributed by atoms with Gasteiger partial charge in [0.2, 0.25) is 5.43 Å². The van der Waals surface area contributed by atoms with Crippen LogP contribution in [0, 0.1) is 0 Å². The van der Waals surface area contributed by atoms with E-state index in [2.05, 4.69) is 0 Å². The second-order valence-electron chi connectivity index (χ2n) is 5.88. The summed E-state index contributed by atoms with van der Waals surface area (Å²) in [6, 6.07) is 9.50. The molecule has 0 fully saturated rings. The fourth-order valence-corrected chi connectivity index (χ4v) is 3.01. The molecule has 3 aromatic rings. The molecule has 0 aliphatic rings. The number of rotatable bonds is 4. The number of carbonyl (C=O) groups excluding carboxylic acids is 1. The van der Waals surface area contributed by atoms with Crippen LogP contribution in [0.2, 0.25) is 0 Å². The van der Waals surface area contributed by atoms with Crippen LogP contribution in [0.5, 0.6) is 0 Å². The zero-order chi connectivity index (χ0) is 18.1. The summed E-state index contributed by atoms with van der Waals surface area (Å²) in [7, 11) is 0. The summed E-state index contributed by atoms with van der Waals surface area (Å²) >= 11 is -1.17. The Kier molecular flexibility index (Phi) is 4.83. The van der Waals surface area contributed by atoms with Gasteiger partial charge < -0.3 is 13.7 Å². The molecule has 0 bridgehead atoms. The van der Waals surface area contributed by atoms with Gasteiger partial charge in [0.05, 0.1) is 22.4 Å². The predicted octanol–water partition coefficient (Wildman–Crippen LogP) is 3.64. The molecule has 0 aliphatic heterocycles. The van der Waals surface area contributed by atoms with Gasteiger partial charge in [0.1, 0.15) is 17.4 Å². The van der Waals surface area contributed by atoms with Crippen LogP contribution in [0.1, 0.15) is 30.6 Å². The summed E-state index contributed by atoms with van der Waals surface area (Å²) in [6.45, 7) is 3.74. The summed E-state index contributed by atoms with van der Waals surface area (Å²) in [4.78, 5) is 25.5. The van der Waals surface area contributed by atoms with Crippen LogP contribution in [0.25, 0.3) is 21.9 Å². The minimum Gasteiger partial charge on any atom is -0.612 e. The van der Waals surface area contributed by atoms with Crippen molar-refractivity contribution >= 4 is 39.1 Å². The Morgan fingerprint density at radius 2 is 1.96 bits per heavy atom. The van der Waals surface area contributed by atoms with E-state index in [0.717, 1.165) is 0 Å². The minimum absolute atomic E-state index is 0.190. The first-order valence-electron chi connectivity index (χ1n) is 7.95. The largest absolute Gasteiger partial charge is 0.612 e. The lowest BCUT2D eigenvalue weighted by Crippen LogP contribution is -2.14. The number of hydrogen-bond acceptors (Lipinski definition) is 5. The SMILES string of the molecule is CCC(C)OC(=O)c1ccc2oc3cc([S+](C)[O-])ccc3c(=O)c2c1. The van der Waals surface area contributed by atoms with Crippen molar-refractivity contribution in [1.29, 1.82) is 0 Å². The van der Waals surface area contributed by atoms with Crippen LogP contribution in [0.4, 0.5) is 0 Å². The van der Waals surface area contributed by atoms with E-state index in [-0.39, 0.29) is 11.5 Å². The summed E-state index contributed by atoms with van der Waals surface area (Å²) in [5.41, 5.74) is 0.824. The van der Waals surface area contributed by atoms with E-state index >= 15 is 0 Å². The normalized spacial score (nSPS) is 13.8. The maximum Gasteiger partial charge on any atom is 0.338 e. The van der Waals surface area contributed by atoms with Crippen LogP contribution in [-0.2, 0) is 15.9 Å². The van der Waals surface area contributed by atoms with Crippen LogP contribution in [-0.4, -0.2) is 22.9 Å². The van der Waals surface area contributed by atoms with Crippen molar-refractivity contribution in [3.05, 3.63) is 52.2 Å². The highest BCUT2D eigenvalue weighted by atomic mass is 32.2. The summed E-state index contributed by atoms with van der Waals surface area (Å²) in [5, 5.41) is 0.700. The van der Waals surface area contributed by atoms with Crippen molar-refractivity contribution in [2.45, 2.75) is 31.3 Å². The van der Waals surface area contributed by atoms with Gasteiger partial charge >= 0.3 is 5.97 Å². The van der Waals surface area contributed by atoms with Gasteiger partial charge in [-0.05, 0) is 54.9 Å². The first-order valence-corrected chi connectivity index (χ1v) is 9.51. The molecule has 0 aliphatic carbocycles. The number of esters is 1. The highest BCUT2D eigenvalue weighted by Gasteiger charge is 2.15. The van der Waals surface area contributed by atoms with E-state index < -0.39 is 17.1 Å². The Balaban J connectivity index is 2.12. The fourth-order valence-electron chi connectivity index (χ4n) is 2.47. The van der Waals surface area contributed by atoms with Crippen LogP contribution in [0.15, 0.2) is 50.5 Å². The highest BCUT2D eigenvalue weighted by molar-refractivity contribution is 7.90. The number of benzene rings is 2. The van der Waals surface area contributed by atoms with Gasteiger partial charge in [-0.1, -0.05) is 6.92 Å². The molecule has 130 valence electrons. The summed E-state index contributed by atoms with van der Waals surface area (Å²) in [6.07, 6.45) is 2.09. The standard InChI is InChI=1S/C19H18O5S/c1-4-11(2)23-19(21)12-5-8-16-15(9-12)18(20)14-7-6-13(25(3)22)10-17(14)24-16/h5-11H,4H2,1-3H3. The van der Waals surface area contributed by atoms with Gasteiger partial charge in [-0.15, -0.1) is 0 Å². The van der Waals surface area contributed by atoms with E-state index in [1.54, 1.807) is 36.6 Å². The first-order chi connectivity index (χ1) is 11.9. The molecule has 0 amide bonds. The molecule has 0 saturated carbocycles. The summed E-state index contributed by atoms with van der Waals surface area (Å²) < 4.78 is 22.7. The Bertz CT molecular complexity index is 1010. The second kappa shape index (κ2) is 6.90. The lowest BCUT2D eigenvalue weighted by atomic mass is 10.1. The van der Waals surface area contributed by atoms with Crippen molar-refractivity contribution in [2.24, 2.45) is 0 Å². The van der Waals surface area contributed by atoms with Crippen molar-refractivity contribution in [2.75, 3.05) is 6.26 Å². The van der Waals surface area contributed by atoms with Crippen LogP contribution >= 0.6 is 0 Å². The second-order valence-corrected chi connectivity index (χ2v) is 7.26. The zero-order valence-electron chi connectivity index (χ0n) is 14.2. The molecule has 25 heavy (non-hydrogen) atoms. The van der Waals surface area contributed by atoms with E-state index in [9.17, 15) is 14.1 Å². The molecule has 0 saturated heterocycles. The van der Waals surface area contributed by atoms with Gasteiger partial charge in [-0.25, -0.2) is 4.79 Å². The highest BCUT2D eigenvalue weighted by Crippen LogP contribution is 2.23. The van der Waals surface area contributed by atoms with Gasteiger partial charge in [-0.3, -0.25) is 4.79 Å². The lowest BCUT2D eigenvalue weighted by molar-refractivity contribution is 0.0334. The quantitative estimate of drug-likeness (QED) is 0.404. The number of ether oxygens (including phenoxy) is 1. The Morgan fingerprint density at radius 1 is 1.20 bits per heavy atom. The van der Waals surface area contributed by atoms with Crippen molar-refractivity contribution in [3.63, 3.8) is 0 Å². The third-order valence-electron chi connectivity index (χ3n) is 4.09. The monoisotopic (exact) mass is 358 g/mol. The molecule has 2 aromatic carbocycles. The van der Waals surface area contributed by atoms with Gasteiger partial charge in [0, 0.05) is 6.07 Å². The predicted molar refractivity (Wildman–Crippen MR) is 97.5 cm³/mol. The number of fused-ring (bicyclic) bond motifs is 2. The Morgan fingerprint density at radius 3 is 2.64 bits per heavy atom. The maximum atomic E-state index is 12.7. The molecule has 2 unspecified atom stereocenters. The van der Waals surface area contributed by atoms with Gasteiger partial charge in [0.15, 0.2) is 4.90 Å². The van der Waals surface area contributed by atoms with E-state index in [4.69, 9.17) is 9.15 Å². The molecule has 6 heteroatoms. The van der Waals surface area contributed by atoms with Gasteiger partial charge in [-0.2, -0.15) is 0 Å². The molecule has 1 aromatic heterocycles. The topological polar surface area (TPSA) is 79.6 Å². The minimum atomic E-state index is -1.17. The molecule has 0 radical (unpaired) electrons. The first kappa shape index (κ1) is 17.5. The van der Waals surface area contributed by atoms with Gasteiger partial charge in [0.25, 0.3) is 0 Å². The molecule has 5 nitrogen and oxygen atoms in total. The summed E-state index contributed by atoms with van der Waals surface area (Å²) in [5.74, 6) is -0.465. The zero-order valence-corrected chi connectivity index (χ0v) is 15.0. The molecule has 0 spiro atoms. The third-order valence-corrected chi connectivity index (χ3v) is 5.01. The van der Waals surface area contributed by atoms with Crippen molar-refractivity contribution in [3.8, 4) is 0 Å². The van der Waals surface area contributed by atoms with E-state index in [0.29, 0.717) is 38.8 Å². The average molecular weight is 358 g/mol. The fraction of sp³-hybridized carbons (Fsp3) is 0.263. The maximum absolute atomic E-state index is 12.7. The Hall–Kier alpha value is -2.31. The number of carbonyl (C=O) groups is 1. The van der Waals surface area contributed by atoms with Crippen molar-refractivity contribution in [1.82, 2.24) is 0 Å². The Labute approximate surface area is 147 Å². The molecular formula is C19H18O5S. The van der Waals surface area contributed by atoms with Crippen LogP contribution < -0.4 is 5.43 Å². The molecule has 0 N–H and O–H groups in total. The smallest absolute Gasteiger partial charge is 0.338 e. The number of hydrogen-bond donors (Lipinski definition) is 0. The molecule has 3 rings (SSSR count). The van der Waals surface area contributed by atoms with Crippen LogP contribution in [0.3, 0.4) is 0 Å². The molecule has 1 heterocycles. The van der Waals surface area contributed by atoms with E-state index in [1.807, 2.05) is 13.8 Å². The molecular weight excluding hydrogens is 340 g/mol. The third kappa shape index (κ3) is 3.41. The lowest BCUT2D eigenvalue weighted by Gasteiger charge is -2.11. The van der Waals surface area contributed by atoms with E-state index in [1.165, 1.54) is 6.07 Å². The molecule has 2 atom stereocenters.